The predicted octanol–water partition coefficient (Wildman–Crippen LogP) is 6.25. The van der Waals surface area contributed by atoms with E-state index < -0.39 is 16.8 Å². The van der Waals surface area contributed by atoms with Crippen LogP contribution in [0.1, 0.15) is 51.4 Å². The Hall–Kier alpha value is -2.68. The quantitative estimate of drug-likeness (QED) is 0.249. The van der Waals surface area contributed by atoms with Gasteiger partial charge in [-0.2, -0.15) is 0 Å². The first-order valence-electron chi connectivity index (χ1n) is 11.8. The van der Waals surface area contributed by atoms with Gasteiger partial charge in [0.1, 0.15) is 16.8 Å². The molecule has 2 aromatic rings. The van der Waals surface area contributed by atoms with Crippen LogP contribution in [0.4, 0.5) is 15.8 Å². The maximum atomic E-state index is 14.9. The number of carbonyl (C=O) groups is 1. The summed E-state index contributed by atoms with van der Waals surface area (Å²) in [6.07, 6.45) is 6.53. The zero-order chi connectivity index (χ0) is 26.8. The summed E-state index contributed by atoms with van der Waals surface area (Å²) in [5.74, 6) is -0.815. The zero-order valence-corrected chi connectivity index (χ0v) is 23.0. The molecule has 1 aliphatic heterocycles. The minimum atomic E-state index is -1.80. The van der Waals surface area contributed by atoms with E-state index in [0.29, 0.717) is 35.1 Å². The molecule has 36 heavy (non-hydrogen) atoms. The maximum absolute atomic E-state index is 14.9. The summed E-state index contributed by atoms with van der Waals surface area (Å²) in [4.78, 5) is 14.7. The van der Waals surface area contributed by atoms with E-state index in [1.807, 2.05) is 25.7 Å². The molecule has 6 nitrogen and oxygen atoms in total. The fraction of sp³-hybridized carbons (Fsp3) is 0.370. The lowest BCUT2D eigenvalue weighted by atomic mass is 10.0. The Morgan fingerprint density at radius 1 is 1.25 bits per heavy atom. The first kappa shape index (κ1) is 29.5. The highest BCUT2D eigenvalue weighted by Crippen LogP contribution is 2.28. The molecule has 0 aliphatic carbocycles. The summed E-state index contributed by atoms with van der Waals surface area (Å²) in [5.41, 5.74) is 6.75. The van der Waals surface area contributed by atoms with Crippen LogP contribution in [-0.4, -0.2) is 35.3 Å². The Bertz CT molecular complexity index is 1130. The van der Waals surface area contributed by atoms with E-state index in [9.17, 15) is 13.4 Å². The second-order valence-electron chi connectivity index (χ2n) is 8.49. The van der Waals surface area contributed by atoms with Gasteiger partial charge in [0.2, 0.25) is 0 Å². The van der Waals surface area contributed by atoms with Crippen LogP contribution in [-0.2, 0) is 15.7 Å². The van der Waals surface area contributed by atoms with Gasteiger partial charge < -0.3 is 20.1 Å². The minimum Gasteiger partial charge on any atom is -0.404 e. The molecule has 3 rings (SSSR count). The van der Waals surface area contributed by atoms with E-state index >= 15 is 0 Å². The molecule has 3 N–H and O–H groups in total. The number of nitrogens with one attached hydrogen (secondary N) is 1. The van der Waals surface area contributed by atoms with Gasteiger partial charge in [0.25, 0.3) is 0 Å². The third-order valence-electron chi connectivity index (χ3n) is 5.40. The lowest BCUT2D eigenvalue weighted by molar-refractivity contribution is -0.00540. The van der Waals surface area contributed by atoms with Crippen LogP contribution in [0.25, 0.3) is 0 Å². The fourth-order valence-electron chi connectivity index (χ4n) is 3.71. The van der Waals surface area contributed by atoms with Crippen LogP contribution in [0.3, 0.4) is 0 Å². The third-order valence-corrected chi connectivity index (χ3v) is 6.72. The van der Waals surface area contributed by atoms with E-state index in [1.54, 1.807) is 31.2 Å². The Kier molecular flexibility index (Phi) is 11.6. The van der Waals surface area contributed by atoms with Crippen molar-refractivity contribution in [1.29, 1.82) is 0 Å². The number of halogens is 2. The maximum Gasteiger partial charge on any atom is 0.192 e. The van der Waals surface area contributed by atoms with Crippen molar-refractivity contribution in [2.45, 2.75) is 58.1 Å². The molecule has 0 saturated carbocycles. The van der Waals surface area contributed by atoms with Crippen LogP contribution < -0.4 is 15.4 Å². The Labute approximate surface area is 220 Å². The Morgan fingerprint density at radius 3 is 2.44 bits per heavy atom. The number of hydrogen-bond donors (Lipinski definition) is 2. The second-order valence-corrected chi connectivity index (χ2v) is 10.1. The summed E-state index contributed by atoms with van der Waals surface area (Å²) in [5, 5.41) is 0.355. The molecule has 9 heteroatoms. The summed E-state index contributed by atoms with van der Waals surface area (Å²) in [6.45, 7) is 10.8. The van der Waals surface area contributed by atoms with Gasteiger partial charge >= 0.3 is 0 Å². The van der Waals surface area contributed by atoms with Gasteiger partial charge in [-0.25, -0.2) is 8.60 Å². The second kappa shape index (κ2) is 14.2. The molecule has 3 atom stereocenters. The number of carbonyl (C=O) groups excluding carboxylic acids is 1. The molecule has 0 aromatic heterocycles. The summed E-state index contributed by atoms with van der Waals surface area (Å²) < 4.78 is 36.2. The number of ketones is 1. The van der Waals surface area contributed by atoms with E-state index in [1.165, 1.54) is 18.3 Å². The van der Waals surface area contributed by atoms with Crippen molar-refractivity contribution in [2.24, 2.45) is 5.73 Å². The number of nitrogens with zero attached hydrogens (tertiary/aromatic N) is 1. The van der Waals surface area contributed by atoms with Gasteiger partial charge in [0, 0.05) is 35.4 Å². The number of benzene rings is 2. The molecule has 0 bridgehead atoms. The monoisotopic (exact) mass is 535 g/mol. The molecule has 2 aromatic carbocycles. The fourth-order valence-corrected chi connectivity index (χ4v) is 4.78. The highest BCUT2D eigenvalue weighted by molar-refractivity contribution is 7.86. The lowest BCUT2D eigenvalue weighted by Gasteiger charge is -2.37. The topological polar surface area (TPSA) is 84.7 Å². The summed E-state index contributed by atoms with van der Waals surface area (Å²) in [7, 11) is -1.80. The average Bonchev–Trinajstić information content (AvgIpc) is 2.84. The minimum absolute atomic E-state index is 0.00878. The standard InChI is InChI=1S/C22H25ClFN3O3S.C5H10/c1-13(10-25)22(28)18-8-16(23)4-6-20(18)26-31(29)17-5-7-21(19(24)9-17)27-11-14(2)30-15(3)12-27;1-3-5-4-2/h4-10,14-15,26H,11-12,25H2,1-3H3;3,5H,4H2,1-2H3/b13-10+;5-3-/t14-,15+,31?;. The molecule has 1 saturated heterocycles. The molecular formula is C27H35ClFN3O3S. The van der Waals surface area contributed by atoms with Crippen molar-refractivity contribution < 1.29 is 18.1 Å². The number of hydrogen-bond acceptors (Lipinski definition) is 5. The number of morpholine rings is 1. The molecule has 0 radical (unpaired) electrons. The normalized spacial score (nSPS) is 19.0. The van der Waals surface area contributed by atoms with Crippen molar-refractivity contribution >= 4 is 39.7 Å². The van der Waals surface area contributed by atoms with Gasteiger partial charge in [0.05, 0.1) is 28.5 Å². The first-order chi connectivity index (χ1) is 17.1. The number of anilines is 2. The molecule has 1 heterocycles. The molecule has 1 aliphatic rings. The van der Waals surface area contributed by atoms with Crippen LogP contribution in [0.15, 0.2) is 65.2 Å². The summed E-state index contributed by atoms with van der Waals surface area (Å²) >= 11 is 6.03. The average molecular weight is 536 g/mol. The predicted molar refractivity (Wildman–Crippen MR) is 147 cm³/mol. The number of rotatable bonds is 7. The molecular weight excluding hydrogens is 501 g/mol. The van der Waals surface area contributed by atoms with Gasteiger partial charge in [0.15, 0.2) is 5.78 Å². The molecule has 0 spiro atoms. The van der Waals surface area contributed by atoms with Crippen molar-refractivity contribution in [3.8, 4) is 0 Å². The van der Waals surface area contributed by atoms with Gasteiger partial charge in [-0.15, -0.1) is 0 Å². The van der Waals surface area contributed by atoms with Crippen molar-refractivity contribution in [3.63, 3.8) is 0 Å². The van der Waals surface area contributed by atoms with Gasteiger partial charge in [-0.3, -0.25) is 4.79 Å². The molecule has 1 unspecified atom stereocenters. The van der Waals surface area contributed by atoms with Crippen molar-refractivity contribution in [3.05, 3.63) is 76.7 Å². The Balaban J connectivity index is 0.000000830. The Morgan fingerprint density at radius 2 is 1.92 bits per heavy atom. The number of allylic oxidation sites excluding steroid dienone is 3. The highest BCUT2D eigenvalue weighted by atomic mass is 35.5. The first-order valence-corrected chi connectivity index (χ1v) is 13.4. The van der Waals surface area contributed by atoms with Gasteiger partial charge in [-0.1, -0.05) is 30.7 Å². The van der Waals surface area contributed by atoms with Crippen LogP contribution in [0, 0.1) is 5.82 Å². The molecule has 0 amide bonds. The summed E-state index contributed by atoms with van der Waals surface area (Å²) in [6, 6.07) is 9.06. The highest BCUT2D eigenvalue weighted by Gasteiger charge is 2.25. The van der Waals surface area contributed by atoms with E-state index in [2.05, 4.69) is 23.8 Å². The largest absolute Gasteiger partial charge is 0.404 e. The van der Waals surface area contributed by atoms with Crippen molar-refractivity contribution in [1.82, 2.24) is 0 Å². The van der Waals surface area contributed by atoms with Gasteiger partial charge in [-0.05, 0) is 70.5 Å². The lowest BCUT2D eigenvalue weighted by Crippen LogP contribution is -2.45. The van der Waals surface area contributed by atoms with E-state index in [4.69, 9.17) is 22.1 Å². The van der Waals surface area contributed by atoms with Crippen LogP contribution >= 0.6 is 11.6 Å². The number of Topliss-reactive ketones (excluding diaryl/α,β-unsaturated/α-hetero) is 1. The van der Waals surface area contributed by atoms with Crippen molar-refractivity contribution in [2.75, 3.05) is 22.7 Å². The third kappa shape index (κ3) is 8.18. The number of ether oxygens (including phenoxy) is 1. The van der Waals surface area contributed by atoms with Crippen LogP contribution in [0.5, 0.6) is 0 Å². The van der Waals surface area contributed by atoms with Crippen LogP contribution in [0.2, 0.25) is 5.02 Å². The zero-order valence-electron chi connectivity index (χ0n) is 21.4. The molecule has 1 fully saturated rings. The molecule has 196 valence electrons. The van der Waals surface area contributed by atoms with E-state index in [-0.39, 0.29) is 28.5 Å². The number of nitrogens with two attached hydrogens (primary N) is 1. The smallest absolute Gasteiger partial charge is 0.192 e. The SMILES string of the molecule is C/C(=C\N)C(=O)c1cc(Cl)ccc1NS(=O)c1ccc(N2C[C@@H](C)O[C@@H](C)C2)c(F)c1.C/C=C\CC. The van der Waals surface area contributed by atoms with E-state index in [0.717, 1.165) is 6.42 Å².